The van der Waals surface area contributed by atoms with Crippen LogP contribution in [-0.4, -0.2) is 44.3 Å². The third-order valence-corrected chi connectivity index (χ3v) is 8.31. The molecule has 3 aromatic carbocycles. The molecule has 214 valence electrons. The summed E-state index contributed by atoms with van der Waals surface area (Å²) in [6.45, 7) is 2.89. The Labute approximate surface area is 240 Å². The first-order chi connectivity index (χ1) is 18.8. The maximum atomic E-state index is 13.8. The van der Waals surface area contributed by atoms with Crippen LogP contribution in [0.1, 0.15) is 31.4 Å². The second-order valence-corrected chi connectivity index (χ2v) is 11.8. The molecule has 0 aliphatic carbocycles. The maximum absolute atomic E-state index is 13.8. The van der Waals surface area contributed by atoms with Gasteiger partial charge < -0.3 is 10.2 Å². The van der Waals surface area contributed by atoms with Gasteiger partial charge in [-0.25, -0.2) is 8.42 Å². The number of hydrogen-bond acceptors (Lipinski definition) is 4. The van der Waals surface area contributed by atoms with E-state index in [1.807, 2.05) is 6.92 Å². The minimum Gasteiger partial charge on any atom is -0.354 e. The molecule has 0 aliphatic heterocycles. The molecule has 3 aromatic rings. The minimum atomic E-state index is -4.74. The SMILES string of the molecule is CCCNC(=O)[C@H](C)N(Cc1cccc(Br)c1)C(=O)CN(c1cccc(C(F)(F)F)c1)S(=O)(=O)c1ccccc1. The molecule has 1 atom stereocenters. The van der Waals surface area contributed by atoms with Crippen LogP contribution in [0.25, 0.3) is 0 Å². The number of halogens is 4. The zero-order chi connectivity index (χ0) is 29.5. The van der Waals surface area contributed by atoms with Gasteiger partial charge in [0.2, 0.25) is 11.8 Å². The summed E-state index contributed by atoms with van der Waals surface area (Å²) >= 11 is 3.37. The normalized spacial score (nSPS) is 12.4. The van der Waals surface area contributed by atoms with Crippen molar-refractivity contribution in [2.45, 2.75) is 43.9 Å². The highest BCUT2D eigenvalue weighted by Gasteiger charge is 2.35. The van der Waals surface area contributed by atoms with E-state index in [2.05, 4.69) is 21.2 Å². The topological polar surface area (TPSA) is 86.8 Å². The summed E-state index contributed by atoms with van der Waals surface area (Å²) in [4.78, 5) is 27.7. The summed E-state index contributed by atoms with van der Waals surface area (Å²) < 4.78 is 69.3. The Morgan fingerprint density at radius 3 is 2.27 bits per heavy atom. The number of rotatable bonds is 11. The first kappa shape index (κ1) is 31.2. The van der Waals surface area contributed by atoms with E-state index < -0.39 is 46.2 Å². The fraction of sp³-hybridized carbons (Fsp3) is 0.286. The average Bonchev–Trinajstić information content (AvgIpc) is 2.92. The van der Waals surface area contributed by atoms with Crippen molar-refractivity contribution in [3.05, 3.63) is 94.5 Å². The smallest absolute Gasteiger partial charge is 0.354 e. The number of amides is 2. The van der Waals surface area contributed by atoms with Gasteiger partial charge in [-0.2, -0.15) is 13.2 Å². The quantitative estimate of drug-likeness (QED) is 0.296. The number of carbonyl (C=O) groups excluding carboxylic acids is 2. The summed E-state index contributed by atoms with van der Waals surface area (Å²) in [5, 5.41) is 2.73. The van der Waals surface area contributed by atoms with Crippen molar-refractivity contribution in [2.24, 2.45) is 0 Å². The van der Waals surface area contributed by atoms with E-state index in [4.69, 9.17) is 0 Å². The highest BCUT2D eigenvalue weighted by atomic mass is 79.9. The van der Waals surface area contributed by atoms with Crippen LogP contribution in [-0.2, 0) is 32.3 Å². The number of nitrogens with one attached hydrogen (secondary N) is 1. The molecule has 40 heavy (non-hydrogen) atoms. The second kappa shape index (κ2) is 13.3. The van der Waals surface area contributed by atoms with Crippen LogP contribution >= 0.6 is 15.9 Å². The Hall–Kier alpha value is -3.38. The van der Waals surface area contributed by atoms with Gasteiger partial charge in [0.1, 0.15) is 12.6 Å². The van der Waals surface area contributed by atoms with Gasteiger partial charge in [0, 0.05) is 17.6 Å². The van der Waals surface area contributed by atoms with Gasteiger partial charge in [0.05, 0.1) is 16.1 Å². The second-order valence-electron chi connectivity index (χ2n) is 8.99. The van der Waals surface area contributed by atoms with Gasteiger partial charge in [-0.05, 0) is 61.4 Å². The minimum absolute atomic E-state index is 0.0409. The molecular weight excluding hydrogens is 611 g/mol. The lowest BCUT2D eigenvalue weighted by Gasteiger charge is -2.32. The van der Waals surface area contributed by atoms with E-state index >= 15 is 0 Å². The number of alkyl halides is 3. The van der Waals surface area contributed by atoms with Gasteiger partial charge in [-0.3, -0.25) is 13.9 Å². The Kier molecular flexibility index (Phi) is 10.4. The molecule has 0 aliphatic rings. The molecule has 0 heterocycles. The molecule has 2 amide bonds. The molecule has 0 spiro atoms. The third kappa shape index (κ3) is 7.85. The molecule has 1 N–H and O–H groups in total. The van der Waals surface area contributed by atoms with Crippen molar-refractivity contribution in [1.29, 1.82) is 0 Å². The summed E-state index contributed by atoms with van der Waals surface area (Å²) in [6, 6.07) is 16.9. The fourth-order valence-corrected chi connectivity index (χ4v) is 5.77. The number of anilines is 1. The standard InChI is InChI=1S/C28H29BrF3N3O4S/c1-3-15-33-27(37)20(2)34(18-21-9-7-11-23(29)16-21)26(36)19-35(40(38,39)25-13-5-4-6-14-25)24-12-8-10-22(17-24)28(30,31)32/h4-14,16-17,20H,3,15,18-19H2,1-2H3,(H,33,37)/t20-/m0/s1. The van der Waals surface area contributed by atoms with Crippen LogP contribution < -0.4 is 9.62 Å². The van der Waals surface area contributed by atoms with E-state index in [1.165, 1.54) is 42.2 Å². The summed E-state index contributed by atoms with van der Waals surface area (Å²) in [7, 11) is -4.47. The summed E-state index contributed by atoms with van der Waals surface area (Å²) in [5.74, 6) is -1.21. The fourth-order valence-electron chi connectivity index (χ4n) is 3.90. The number of benzene rings is 3. The van der Waals surface area contributed by atoms with Crippen LogP contribution in [0.4, 0.5) is 18.9 Å². The van der Waals surface area contributed by atoms with Crippen molar-refractivity contribution >= 4 is 43.5 Å². The Balaban J connectivity index is 2.07. The first-order valence-corrected chi connectivity index (χ1v) is 14.6. The van der Waals surface area contributed by atoms with Crippen LogP contribution in [0.15, 0.2) is 88.2 Å². The largest absolute Gasteiger partial charge is 0.416 e. The monoisotopic (exact) mass is 639 g/mol. The lowest BCUT2D eigenvalue weighted by Crippen LogP contribution is -2.51. The van der Waals surface area contributed by atoms with E-state index in [0.717, 1.165) is 16.6 Å². The van der Waals surface area contributed by atoms with Crippen molar-refractivity contribution in [2.75, 3.05) is 17.4 Å². The van der Waals surface area contributed by atoms with Crippen molar-refractivity contribution in [1.82, 2.24) is 10.2 Å². The Morgan fingerprint density at radius 2 is 1.65 bits per heavy atom. The van der Waals surface area contributed by atoms with Gasteiger partial charge in [-0.1, -0.05) is 59.3 Å². The van der Waals surface area contributed by atoms with Gasteiger partial charge >= 0.3 is 6.18 Å². The summed E-state index contributed by atoms with van der Waals surface area (Å²) in [6.07, 6.45) is -4.07. The molecule has 0 saturated carbocycles. The molecule has 0 unspecified atom stereocenters. The average molecular weight is 641 g/mol. The molecule has 0 radical (unpaired) electrons. The van der Waals surface area contributed by atoms with Crippen LogP contribution in [0, 0.1) is 0 Å². The number of sulfonamides is 1. The number of nitrogens with zero attached hydrogens (tertiary/aromatic N) is 2. The zero-order valence-corrected chi connectivity index (χ0v) is 24.3. The van der Waals surface area contributed by atoms with Crippen LogP contribution in [0.2, 0.25) is 0 Å². The van der Waals surface area contributed by atoms with Crippen molar-refractivity contribution in [3.63, 3.8) is 0 Å². The zero-order valence-electron chi connectivity index (χ0n) is 21.9. The molecular formula is C28H29BrF3N3O4S. The van der Waals surface area contributed by atoms with E-state index in [0.29, 0.717) is 28.9 Å². The molecule has 12 heteroatoms. The lowest BCUT2D eigenvalue weighted by molar-refractivity contribution is -0.139. The van der Waals surface area contributed by atoms with Crippen molar-refractivity contribution in [3.8, 4) is 0 Å². The summed E-state index contributed by atoms with van der Waals surface area (Å²) in [5.41, 5.74) is -0.740. The van der Waals surface area contributed by atoms with Crippen molar-refractivity contribution < 1.29 is 31.2 Å². The highest BCUT2D eigenvalue weighted by Crippen LogP contribution is 2.33. The first-order valence-electron chi connectivity index (χ1n) is 12.4. The van der Waals surface area contributed by atoms with Gasteiger partial charge in [0.15, 0.2) is 0 Å². The predicted octanol–water partition coefficient (Wildman–Crippen LogP) is 5.61. The molecule has 3 rings (SSSR count). The molecule has 0 fully saturated rings. The van der Waals surface area contributed by atoms with E-state index in [1.54, 1.807) is 30.3 Å². The lowest BCUT2D eigenvalue weighted by atomic mass is 10.1. The highest BCUT2D eigenvalue weighted by molar-refractivity contribution is 9.10. The molecule has 0 bridgehead atoms. The van der Waals surface area contributed by atoms with Gasteiger partial charge in [0.25, 0.3) is 10.0 Å². The Bertz CT molecular complexity index is 1440. The third-order valence-electron chi connectivity index (χ3n) is 6.03. The van der Waals surface area contributed by atoms with E-state index in [9.17, 15) is 31.2 Å². The predicted molar refractivity (Wildman–Crippen MR) is 150 cm³/mol. The molecule has 0 saturated heterocycles. The Morgan fingerprint density at radius 1 is 0.975 bits per heavy atom. The van der Waals surface area contributed by atoms with Crippen LogP contribution in [0.5, 0.6) is 0 Å². The number of hydrogen-bond donors (Lipinski definition) is 1. The maximum Gasteiger partial charge on any atom is 0.416 e. The number of carbonyl (C=O) groups is 2. The van der Waals surface area contributed by atoms with Gasteiger partial charge in [-0.15, -0.1) is 0 Å². The van der Waals surface area contributed by atoms with Crippen LogP contribution in [0.3, 0.4) is 0 Å². The molecule has 0 aromatic heterocycles. The van der Waals surface area contributed by atoms with E-state index in [-0.39, 0.29) is 17.1 Å². The molecule has 7 nitrogen and oxygen atoms in total.